The summed E-state index contributed by atoms with van der Waals surface area (Å²) in [7, 11) is 0. The van der Waals surface area contributed by atoms with Crippen LogP contribution in [-0.4, -0.2) is 32.9 Å². The molecule has 1 aliphatic heterocycles. The lowest BCUT2D eigenvalue weighted by Gasteiger charge is -2.01. The highest BCUT2D eigenvalue weighted by molar-refractivity contribution is 5.15. The molecule has 1 unspecified atom stereocenters. The van der Waals surface area contributed by atoms with Gasteiger partial charge in [0.15, 0.2) is 5.82 Å². The Labute approximate surface area is 104 Å². The summed E-state index contributed by atoms with van der Waals surface area (Å²) in [4.78, 5) is 8.31. The van der Waals surface area contributed by atoms with Gasteiger partial charge in [0, 0.05) is 25.4 Å². The van der Waals surface area contributed by atoms with E-state index < -0.39 is 0 Å². The molecule has 1 aliphatic rings. The maximum absolute atomic E-state index is 9.44. The van der Waals surface area contributed by atoms with E-state index in [0.717, 1.165) is 5.56 Å². The molecule has 0 spiro atoms. The standard InChI is InChI=1S/C12H14N4O2/c17-9-6-10(14-7-9)12-15-11(16-18-12)5-8-1-3-13-4-2-8/h1-4,9-10,14,17H,5-7H2/t9?,10-/m0/s1. The molecule has 2 aromatic rings. The highest BCUT2D eigenvalue weighted by Crippen LogP contribution is 2.22. The monoisotopic (exact) mass is 246 g/mol. The minimum Gasteiger partial charge on any atom is -0.392 e. The number of hydrogen-bond donors (Lipinski definition) is 2. The van der Waals surface area contributed by atoms with Gasteiger partial charge in [0.2, 0.25) is 5.89 Å². The Kier molecular flexibility index (Phi) is 3.04. The first-order valence-electron chi connectivity index (χ1n) is 5.94. The second-order valence-corrected chi connectivity index (χ2v) is 4.43. The van der Waals surface area contributed by atoms with E-state index in [2.05, 4.69) is 20.4 Å². The first-order valence-corrected chi connectivity index (χ1v) is 5.94. The summed E-state index contributed by atoms with van der Waals surface area (Å²) >= 11 is 0. The van der Waals surface area contributed by atoms with Crippen molar-refractivity contribution in [3.8, 4) is 0 Å². The van der Waals surface area contributed by atoms with Gasteiger partial charge in [0.05, 0.1) is 12.1 Å². The molecule has 6 nitrogen and oxygen atoms in total. The molecule has 0 saturated carbocycles. The molecule has 6 heteroatoms. The second kappa shape index (κ2) is 4.83. The van der Waals surface area contributed by atoms with Gasteiger partial charge >= 0.3 is 0 Å². The lowest BCUT2D eigenvalue weighted by Crippen LogP contribution is -2.15. The maximum atomic E-state index is 9.44. The van der Waals surface area contributed by atoms with Gasteiger partial charge in [-0.3, -0.25) is 4.98 Å². The van der Waals surface area contributed by atoms with Crippen LogP contribution in [0, 0.1) is 0 Å². The first kappa shape index (κ1) is 11.3. The highest BCUT2D eigenvalue weighted by Gasteiger charge is 2.27. The molecule has 0 aliphatic carbocycles. The smallest absolute Gasteiger partial charge is 0.243 e. The molecule has 2 aromatic heterocycles. The number of pyridine rings is 1. The molecule has 1 fully saturated rings. The largest absolute Gasteiger partial charge is 0.392 e. The van der Waals surface area contributed by atoms with Crippen LogP contribution in [0.4, 0.5) is 0 Å². The van der Waals surface area contributed by atoms with E-state index >= 15 is 0 Å². The third-order valence-electron chi connectivity index (χ3n) is 3.00. The number of nitrogens with one attached hydrogen (secondary N) is 1. The summed E-state index contributed by atoms with van der Waals surface area (Å²) in [5.74, 6) is 1.20. The van der Waals surface area contributed by atoms with Gasteiger partial charge in [0.1, 0.15) is 0 Å². The number of rotatable bonds is 3. The zero-order valence-electron chi connectivity index (χ0n) is 9.78. The molecule has 0 aromatic carbocycles. The van der Waals surface area contributed by atoms with Crippen molar-refractivity contribution < 1.29 is 9.63 Å². The maximum Gasteiger partial charge on any atom is 0.243 e. The molecule has 1 saturated heterocycles. The van der Waals surface area contributed by atoms with Crippen molar-refractivity contribution in [3.63, 3.8) is 0 Å². The van der Waals surface area contributed by atoms with Crippen LogP contribution in [0.3, 0.4) is 0 Å². The van der Waals surface area contributed by atoms with Gasteiger partial charge in [-0.1, -0.05) is 5.16 Å². The van der Waals surface area contributed by atoms with Crippen molar-refractivity contribution in [2.45, 2.75) is 25.0 Å². The van der Waals surface area contributed by atoms with E-state index in [1.54, 1.807) is 12.4 Å². The Balaban J connectivity index is 1.70. The van der Waals surface area contributed by atoms with E-state index in [0.29, 0.717) is 31.1 Å². The number of hydrogen-bond acceptors (Lipinski definition) is 6. The highest BCUT2D eigenvalue weighted by atomic mass is 16.5. The van der Waals surface area contributed by atoms with Gasteiger partial charge in [-0.25, -0.2) is 0 Å². The van der Waals surface area contributed by atoms with Crippen molar-refractivity contribution in [1.82, 2.24) is 20.4 Å². The molecule has 3 heterocycles. The fourth-order valence-electron chi connectivity index (χ4n) is 2.07. The van der Waals surface area contributed by atoms with Crippen molar-refractivity contribution in [2.24, 2.45) is 0 Å². The summed E-state index contributed by atoms with van der Waals surface area (Å²) < 4.78 is 5.22. The summed E-state index contributed by atoms with van der Waals surface area (Å²) in [5, 5.41) is 16.5. The fourth-order valence-corrected chi connectivity index (χ4v) is 2.07. The third kappa shape index (κ3) is 2.39. The molecular formula is C12H14N4O2. The SMILES string of the molecule is OC1CN[C@H](c2nc(Cc3ccncc3)no2)C1. The van der Waals surface area contributed by atoms with Gasteiger partial charge in [0.25, 0.3) is 0 Å². The Hall–Kier alpha value is -1.79. The number of β-amino-alcohol motifs (C(OH)–C–C–N with tert-alkyl or cyclic N) is 1. The minimum atomic E-state index is -0.328. The fraction of sp³-hybridized carbons (Fsp3) is 0.417. The zero-order valence-corrected chi connectivity index (χ0v) is 9.78. The van der Waals surface area contributed by atoms with E-state index in [9.17, 15) is 5.11 Å². The quantitative estimate of drug-likeness (QED) is 0.818. The van der Waals surface area contributed by atoms with Crippen LogP contribution in [0.15, 0.2) is 29.0 Å². The lowest BCUT2D eigenvalue weighted by atomic mass is 10.2. The van der Waals surface area contributed by atoms with Gasteiger partial charge in [-0.15, -0.1) is 0 Å². The third-order valence-corrected chi connectivity index (χ3v) is 3.00. The van der Waals surface area contributed by atoms with Crippen LogP contribution in [0.25, 0.3) is 0 Å². The van der Waals surface area contributed by atoms with Crippen molar-refractivity contribution in [3.05, 3.63) is 41.8 Å². The summed E-state index contributed by atoms with van der Waals surface area (Å²) in [6.07, 6.45) is 4.40. The molecule has 0 radical (unpaired) electrons. The molecule has 2 atom stereocenters. The lowest BCUT2D eigenvalue weighted by molar-refractivity contribution is 0.191. The van der Waals surface area contributed by atoms with E-state index in [-0.39, 0.29) is 12.1 Å². The van der Waals surface area contributed by atoms with Crippen molar-refractivity contribution >= 4 is 0 Å². The minimum absolute atomic E-state index is 0.0290. The van der Waals surface area contributed by atoms with E-state index in [1.165, 1.54) is 0 Å². The molecule has 2 N–H and O–H groups in total. The predicted octanol–water partition coefficient (Wildman–Crippen LogP) is 0.451. The molecule has 94 valence electrons. The average molecular weight is 246 g/mol. The van der Waals surface area contributed by atoms with Crippen LogP contribution in [-0.2, 0) is 6.42 Å². The van der Waals surface area contributed by atoms with Crippen molar-refractivity contribution in [1.29, 1.82) is 0 Å². The van der Waals surface area contributed by atoms with Crippen LogP contribution >= 0.6 is 0 Å². The summed E-state index contributed by atoms with van der Waals surface area (Å²) in [5.41, 5.74) is 1.09. The number of nitrogens with zero attached hydrogens (tertiary/aromatic N) is 3. The van der Waals surface area contributed by atoms with Crippen molar-refractivity contribution in [2.75, 3.05) is 6.54 Å². The topological polar surface area (TPSA) is 84.1 Å². The molecule has 3 rings (SSSR count). The van der Waals surface area contributed by atoms with Crippen LogP contribution in [0.2, 0.25) is 0 Å². The summed E-state index contributed by atoms with van der Waals surface area (Å²) in [6, 6.07) is 3.82. The first-order chi connectivity index (χ1) is 8.81. The number of aliphatic hydroxyl groups excluding tert-OH is 1. The van der Waals surface area contributed by atoms with E-state index in [4.69, 9.17) is 4.52 Å². The van der Waals surface area contributed by atoms with Gasteiger partial charge in [-0.05, 0) is 24.1 Å². The van der Waals surface area contributed by atoms with Gasteiger partial charge < -0.3 is 14.9 Å². The molecule has 0 bridgehead atoms. The molecular weight excluding hydrogens is 232 g/mol. The summed E-state index contributed by atoms with van der Waals surface area (Å²) in [6.45, 7) is 0.576. The Morgan fingerprint density at radius 3 is 2.94 bits per heavy atom. The number of aromatic nitrogens is 3. The normalized spacial score (nSPS) is 23.4. The predicted molar refractivity (Wildman–Crippen MR) is 62.7 cm³/mol. The molecule has 18 heavy (non-hydrogen) atoms. The molecule has 0 amide bonds. The van der Waals surface area contributed by atoms with Crippen LogP contribution in [0.5, 0.6) is 0 Å². The second-order valence-electron chi connectivity index (χ2n) is 4.43. The van der Waals surface area contributed by atoms with Gasteiger partial charge in [-0.2, -0.15) is 4.98 Å². The Morgan fingerprint density at radius 1 is 1.39 bits per heavy atom. The van der Waals surface area contributed by atoms with Crippen LogP contribution in [0.1, 0.15) is 29.7 Å². The number of aliphatic hydroxyl groups is 1. The Bertz CT molecular complexity index is 514. The Morgan fingerprint density at radius 2 is 2.22 bits per heavy atom. The zero-order chi connectivity index (χ0) is 12.4. The van der Waals surface area contributed by atoms with E-state index in [1.807, 2.05) is 12.1 Å². The van der Waals surface area contributed by atoms with Crippen LogP contribution < -0.4 is 5.32 Å². The average Bonchev–Trinajstić information content (AvgIpc) is 2.99.